The average Bonchev–Trinajstić information content (AvgIpc) is 2.85. The summed E-state index contributed by atoms with van der Waals surface area (Å²) in [6, 6.07) is 2.10. The molecule has 0 radical (unpaired) electrons. The number of hydrogen-bond acceptors (Lipinski definition) is 2. The summed E-state index contributed by atoms with van der Waals surface area (Å²) in [6.45, 7) is 4.24. The van der Waals surface area contributed by atoms with Crippen LogP contribution in [0.15, 0.2) is 12.3 Å². The quantitative estimate of drug-likeness (QED) is 0.752. The standard InChI is InChI=1S/C11H16N2/c1-7(2)11-10(12)5-9(6-13-11)8-3-4-8/h5-8H,3-4,12H2,1-2H3. The van der Waals surface area contributed by atoms with Gasteiger partial charge in [-0.15, -0.1) is 0 Å². The van der Waals surface area contributed by atoms with Gasteiger partial charge in [0.2, 0.25) is 0 Å². The van der Waals surface area contributed by atoms with Crippen molar-refractivity contribution in [1.29, 1.82) is 0 Å². The molecule has 70 valence electrons. The molecule has 2 N–H and O–H groups in total. The fourth-order valence-electron chi connectivity index (χ4n) is 1.63. The van der Waals surface area contributed by atoms with Gasteiger partial charge < -0.3 is 5.73 Å². The summed E-state index contributed by atoms with van der Waals surface area (Å²) in [6.07, 6.45) is 4.60. The third-order valence-electron chi connectivity index (χ3n) is 2.57. The van der Waals surface area contributed by atoms with Crippen LogP contribution in [0.3, 0.4) is 0 Å². The smallest absolute Gasteiger partial charge is 0.0658 e. The predicted octanol–water partition coefficient (Wildman–Crippen LogP) is 2.66. The lowest BCUT2D eigenvalue weighted by molar-refractivity contribution is 0.822. The SMILES string of the molecule is CC(C)c1ncc(C2CC2)cc1N. The summed E-state index contributed by atoms with van der Waals surface area (Å²) >= 11 is 0. The molecule has 0 aromatic carbocycles. The summed E-state index contributed by atoms with van der Waals surface area (Å²) in [7, 11) is 0. The Kier molecular flexibility index (Phi) is 1.98. The molecule has 1 aromatic rings. The number of pyridine rings is 1. The third kappa shape index (κ3) is 1.67. The van der Waals surface area contributed by atoms with E-state index in [1.165, 1.54) is 18.4 Å². The van der Waals surface area contributed by atoms with E-state index in [4.69, 9.17) is 5.73 Å². The van der Waals surface area contributed by atoms with Gasteiger partial charge in [-0.05, 0) is 36.3 Å². The van der Waals surface area contributed by atoms with E-state index in [1.807, 2.05) is 6.20 Å². The molecular weight excluding hydrogens is 160 g/mol. The molecule has 0 unspecified atom stereocenters. The Labute approximate surface area is 79.2 Å². The molecule has 1 aromatic heterocycles. The molecule has 0 saturated heterocycles. The third-order valence-corrected chi connectivity index (χ3v) is 2.57. The van der Waals surface area contributed by atoms with Gasteiger partial charge in [0.1, 0.15) is 0 Å². The number of hydrogen-bond donors (Lipinski definition) is 1. The summed E-state index contributed by atoms with van der Waals surface area (Å²) < 4.78 is 0. The molecule has 1 heterocycles. The van der Waals surface area contributed by atoms with Crippen LogP contribution in [0.25, 0.3) is 0 Å². The fourth-order valence-corrected chi connectivity index (χ4v) is 1.63. The van der Waals surface area contributed by atoms with E-state index >= 15 is 0 Å². The lowest BCUT2D eigenvalue weighted by atomic mass is 10.1. The Morgan fingerprint density at radius 3 is 2.62 bits per heavy atom. The van der Waals surface area contributed by atoms with E-state index in [2.05, 4.69) is 24.9 Å². The largest absolute Gasteiger partial charge is 0.397 e. The van der Waals surface area contributed by atoms with Gasteiger partial charge in [-0.2, -0.15) is 0 Å². The first-order chi connectivity index (χ1) is 6.18. The van der Waals surface area contributed by atoms with Crippen LogP contribution in [0.5, 0.6) is 0 Å². The number of nitrogen functional groups attached to an aromatic ring is 1. The molecule has 13 heavy (non-hydrogen) atoms. The molecular formula is C11H16N2. The summed E-state index contributed by atoms with van der Waals surface area (Å²) in [5.74, 6) is 1.17. The Morgan fingerprint density at radius 2 is 2.15 bits per heavy atom. The summed E-state index contributed by atoms with van der Waals surface area (Å²) in [4.78, 5) is 4.41. The van der Waals surface area contributed by atoms with E-state index in [1.54, 1.807) is 0 Å². The topological polar surface area (TPSA) is 38.9 Å². The Morgan fingerprint density at radius 1 is 1.46 bits per heavy atom. The Bertz CT molecular complexity index is 314. The minimum Gasteiger partial charge on any atom is -0.397 e. The maximum absolute atomic E-state index is 5.93. The lowest BCUT2D eigenvalue weighted by Crippen LogP contribution is -2.00. The zero-order chi connectivity index (χ0) is 9.42. The maximum Gasteiger partial charge on any atom is 0.0658 e. The van der Waals surface area contributed by atoms with Crippen LogP contribution < -0.4 is 5.73 Å². The highest BCUT2D eigenvalue weighted by Crippen LogP contribution is 2.40. The van der Waals surface area contributed by atoms with Crippen molar-refractivity contribution in [2.24, 2.45) is 0 Å². The number of nitrogens with zero attached hydrogens (tertiary/aromatic N) is 1. The van der Waals surface area contributed by atoms with E-state index in [9.17, 15) is 0 Å². The van der Waals surface area contributed by atoms with Gasteiger partial charge in [0.25, 0.3) is 0 Å². The molecule has 0 atom stereocenters. The zero-order valence-corrected chi connectivity index (χ0v) is 8.25. The first-order valence-electron chi connectivity index (χ1n) is 4.94. The molecule has 0 amide bonds. The van der Waals surface area contributed by atoms with Crippen molar-refractivity contribution in [2.45, 2.75) is 38.5 Å². The fraction of sp³-hybridized carbons (Fsp3) is 0.545. The minimum atomic E-state index is 0.424. The molecule has 2 nitrogen and oxygen atoms in total. The van der Waals surface area contributed by atoms with Crippen molar-refractivity contribution >= 4 is 5.69 Å². The van der Waals surface area contributed by atoms with Crippen LogP contribution in [0, 0.1) is 0 Å². The maximum atomic E-state index is 5.93. The molecule has 1 aliphatic carbocycles. The normalized spacial score (nSPS) is 16.5. The minimum absolute atomic E-state index is 0.424. The van der Waals surface area contributed by atoms with Gasteiger partial charge in [0.05, 0.1) is 11.4 Å². The number of anilines is 1. The summed E-state index contributed by atoms with van der Waals surface area (Å²) in [5, 5.41) is 0. The lowest BCUT2D eigenvalue weighted by Gasteiger charge is -2.09. The van der Waals surface area contributed by atoms with Crippen LogP contribution in [-0.4, -0.2) is 4.98 Å². The molecule has 0 bridgehead atoms. The number of aromatic nitrogens is 1. The van der Waals surface area contributed by atoms with Gasteiger partial charge in [-0.25, -0.2) is 0 Å². The monoisotopic (exact) mass is 176 g/mol. The average molecular weight is 176 g/mol. The molecule has 1 saturated carbocycles. The number of rotatable bonds is 2. The van der Waals surface area contributed by atoms with Crippen LogP contribution in [0.4, 0.5) is 5.69 Å². The zero-order valence-electron chi connectivity index (χ0n) is 8.25. The predicted molar refractivity (Wildman–Crippen MR) is 54.7 cm³/mol. The molecule has 1 aliphatic rings. The highest BCUT2D eigenvalue weighted by atomic mass is 14.7. The first kappa shape index (κ1) is 8.54. The van der Waals surface area contributed by atoms with Crippen molar-refractivity contribution in [3.8, 4) is 0 Å². The van der Waals surface area contributed by atoms with E-state index < -0.39 is 0 Å². The molecule has 2 heteroatoms. The van der Waals surface area contributed by atoms with Crippen LogP contribution in [0.1, 0.15) is 49.8 Å². The molecule has 0 aliphatic heterocycles. The first-order valence-corrected chi connectivity index (χ1v) is 4.94. The molecule has 1 fully saturated rings. The Hall–Kier alpha value is -1.05. The van der Waals surface area contributed by atoms with Crippen molar-refractivity contribution in [3.63, 3.8) is 0 Å². The van der Waals surface area contributed by atoms with Gasteiger partial charge >= 0.3 is 0 Å². The van der Waals surface area contributed by atoms with Crippen molar-refractivity contribution in [1.82, 2.24) is 4.98 Å². The van der Waals surface area contributed by atoms with Crippen molar-refractivity contribution in [3.05, 3.63) is 23.5 Å². The van der Waals surface area contributed by atoms with Crippen molar-refractivity contribution in [2.75, 3.05) is 5.73 Å². The molecule has 0 spiro atoms. The second kappa shape index (κ2) is 3.02. The van der Waals surface area contributed by atoms with E-state index in [0.717, 1.165) is 17.3 Å². The van der Waals surface area contributed by atoms with Crippen LogP contribution in [-0.2, 0) is 0 Å². The van der Waals surface area contributed by atoms with Gasteiger partial charge in [0, 0.05) is 6.20 Å². The van der Waals surface area contributed by atoms with E-state index in [-0.39, 0.29) is 0 Å². The van der Waals surface area contributed by atoms with Gasteiger partial charge in [-0.1, -0.05) is 13.8 Å². The van der Waals surface area contributed by atoms with Gasteiger partial charge in [0.15, 0.2) is 0 Å². The second-order valence-electron chi connectivity index (χ2n) is 4.17. The van der Waals surface area contributed by atoms with E-state index in [0.29, 0.717) is 5.92 Å². The summed E-state index contributed by atoms with van der Waals surface area (Å²) in [5.41, 5.74) is 9.14. The van der Waals surface area contributed by atoms with Gasteiger partial charge in [-0.3, -0.25) is 4.98 Å². The van der Waals surface area contributed by atoms with Crippen LogP contribution in [0.2, 0.25) is 0 Å². The van der Waals surface area contributed by atoms with Crippen LogP contribution >= 0.6 is 0 Å². The highest BCUT2D eigenvalue weighted by Gasteiger charge is 2.24. The molecule has 2 rings (SSSR count). The number of nitrogens with two attached hydrogens (primary N) is 1. The Balaban J connectivity index is 2.31. The van der Waals surface area contributed by atoms with Crippen molar-refractivity contribution < 1.29 is 0 Å². The second-order valence-corrected chi connectivity index (χ2v) is 4.17. The highest BCUT2D eigenvalue weighted by molar-refractivity contribution is 5.47.